The summed E-state index contributed by atoms with van der Waals surface area (Å²) in [5.41, 5.74) is 1.14. The molecule has 76 valence electrons. The van der Waals surface area contributed by atoms with Crippen molar-refractivity contribution in [1.82, 2.24) is 15.0 Å². The van der Waals surface area contributed by atoms with E-state index in [9.17, 15) is 0 Å². The van der Waals surface area contributed by atoms with E-state index in [0.717, 1.165) is 0 Å². The van der Waals surface area contributed by atoms with Gasteiger partial charge in [-0.25, -0.2) is 4.98 Å². The lowest BCUT2D eigenvalue weighted by atomic mass is 9.80. The van der Waals surface area contributed by atoms with Crippen molar-refractivity contribution < 1.29 is 14.8 Å². The second-order valence-electron chi connectivity index (χ2n) is 2.86. The van der Waals surface area contributed by atoms with Crippen molar-refractivity contribution in [2.75, 3.05) is 7.11 Å². The zero-order valence-corrected chi connectivity index (χ0v) is 7.95. The quantitative estimate of drug-likeness (QED) is 0.593. The first-order valence-electron chi connectivity index (χ1n) is 4.24. The molecule has 0 bridgehead atoms. The minimum Gasteiger partial charge on any atom is -0.467 e. The van der Waals surface area contributed by atoms with E-state index >= 15 is 0 Å². The third kappa shape index (κ3) is 1.74. The number of pyridine rings is 1. The zero-order chi connectivity index (χ0) is 10.8. The van der Waals surface area contributed by atoms with Gasteiger partial charge in [0.2, 0.25) is 0 Å². The number of nitrogens with zero attached hydrogens (tertiary/aromatic N) is 3. The molecule has 2 N–H and O–H groups in total. The van der Waals surface area contributed by atoms with Crippen molar-refractivity contribution in [1.29, 1.82) is 0 Å². The highest BCUT2D eigenvalue weighted by molar-refractivity contribution is 6.61. The van der Waals surface area contributed by atoms with E-state index in [1.807, 2.05) is 0 Å². The molecule has 0 fully saturated rings. The van der Waals surface area contributed by atoms with Crippen LogP contribution >= 0.6 is 0 Å². The predicted octanol–water partition coefficient (Wildman–Crippen LogP) is -1.29. The maximum absolute atomic E-state index is 9.11. The van der Waals surface area contributed by atoms with Crippen LogP contribution in [-0.2, 0) is 0 Å². The average Bonchev–Trinajstić information content (AvgIpc) is 2.27. The van der Waals surface area contributed by atoms with Gasteiger partial charge in [-0.15, -0.1) is 0 Å². The lowest BCUT2D eigenvalue weighted by Gasteiger charge is -2.04. The van der Waals surface area contributed by atoms with E-state index in [1.165, 1.54) is 25.6 Å². The Labute approximate surface area is 85.7 Å². The van der Waals surface area contributed by atoms with Crippen LogP contribution in [0, 0.1) is 0 Å². The number of hydrogen-bond acceptors (Lipinski definition) is 6. The van der Waals surface area contributed by atoms with Crippen LogP contribution in [0.5, 0.6) is 6.01 Å². The van der Waals surface area contributed by atoms with Gasteiger partial charge in [-0.05, 0) is 6.07 Å². The van der Waals surface area contributed by atoms with Gasteiger partial charge in [0.25, 0.3) is 0 Å². The van der Waals surface area contributed by atoms with Gasteiger partial charge < -0.3 is 14.8 Å². The van der Waals surface area contributed by atoms with Crippen LogP contribution in [0.2, 0.25) is 0 Å². The normalized spacial score (nSPS) is 10.3. The predicted molar refractivity (Wildman–Crippen MR) is 53.7 cm³/mol. The Morgan fingerprint density at radius 2 is 2.13 bits per heavy atom. The van der Waals surface area contributed by atoms with Gasteiger partial charge in [0.05, 0.1) is 18.8 Å². The van der Waals surface area contributed by atoms with E-state index in [-0.39, 0.29) is 11.5 Å². The summed E-state index contributed by atoms with van der Waals surface area (Å²) in [4.78, 5) is 11.9. The van der Waals surface area contributed by atoms with Crippen molar-refractivity contribution in [3.63, 3.8) is 0 Å². The van der Waals surface area contributed by atoms with E-state index in [1.54, 1.807) is 0 Å². The Bertz CT molecular complexity index is 492. The molecule has 0 unspecified atom stereocenters. The van der Waals surface area contributed by atoms with E-state index in [4.69, 9.17) is 14.8 Å². The molecule has 0 amide bonds. The smallest absolute Gasteiger partial charge is 0.467 e. The second-order valence-corrected chi connectivity index (χ2v) is 2.86. The molecule has 0 aromatic carbocycles. The van der Waals surface area contributed by atoms with Gasteiger partial charge in [0.1, 0.15) is 5.52 Å². The molecule has 0 aliphatic rings. The summed E-state index contributed by atoms with van der Waals surface area (Å²) in [6, 6.07) is 1.65. The largest absolute Gasteiger partial charge is 0.490 e. The highest BCUT2D eigenvalue weighted by atomic mass is 16.5. The lowest BCUT2D eigenvalue weighted by molar-refractivity contribution is 0.381. The Morgan fingerprint density at radius 1 is 1.33 bits per heavy atom. The Hall–Kier alpha value is -1.73. The molecule has 6 nitrogen and oxygen atoms in total. The van der Waals surface area contributed by atoms with Crippen LogP contribution in [0.3, 0.4) is 0 Å². The Kier molecular flexibility index (Phi) is 2.48. The molecular formula is C8H8BN3O3. The molecule has 2 heterocycles. The van der Waals surface area contributed by atoms with Crippen LogP contribution in [0.4, 0.5) is 0 Å². The third-order valence-corrected chi connectivity index (χ3v) is 1.95. The zero-order valence-electron chi connectivity index (χ0n) is 7.95. The highest BCUT2D eigenvalue weighted by Crippen LogP contribution is 2.08. The van der Waals surface area contributed by atoms with E-state index in [0.29, 0.717) is 11.0 Å². The van der Waals surface area contributed by atoms with Gasteiger partial charge in [-0.3, -0.25) is 4.98 Å². The van der Waals surface area contributed by atoms with Gasteiger partial charge in [0.15, 0.2) is 0 Å². The molecular weight excluding hydrogens is 197 g/mol. The minimum atomic E-state index is -1.59. The summed E-state index contributed by atoms with van der Waals surface area (Å²) in [5, 5.41) is 18.2. The fraction of sp³-hybridized carbons (Fsp3) is 0.125. The van der Waals surface area contributed by atoms with Crippen LogP contribution in [0.15, 0.2) is 18.5 Å². The maximum atomic E-state index is 9.11. The number of hydrogen-bond donors (Lipinski definition) is 2. The summed E-state index contributed by atoms with van der Waals surface area (Å²) < 4.78 is 4.84. The van der Waals surface area contributed by atoms with E-state index < -0.39 is 7.12 Å². The standard InChI is InChI=1S/C8H8BN3O3/c1-15-8-11-4-6-7(12-8)5(9(13)14)2-3-10-6/h2-4,13-14H,1H3. The fourth-order valence-corrected chi connectivity index (χ4v) is 1.25. The number of fused-ring (bicyclic) bond motifs is 1. The molecule has 0 aliphatic carbocycles. The monoisotopic (exact) mass is 205 g/mol. The second kappa shape index (κ2) is 3.80. The number of rotatable bonds is 2. The average molecular weight is 205 g/mol. The molecule has 0 saturated carbocycles. The van der Waals surface area contributed by atoms with Crippen LogP contribution in [0.1, 0.15) is 0 Å². The molecule has 2 aromatic rings. The molecule has 2 rings (SSSR count). The topological polar surface area (TPSA) is 88.4 Å². The number of methoxy groups -OCH3 is 1. The number of ether oxygens (including phenoxy) is 1. The van der Waals surface area contributed by atoms with Crippen LogP contribution < -0.4 is 10.2 Å². The first-order chi connectivity index (χ1) is 7.22. The van der Waals surface area contributed by atoms with Crippen molar-refractivity contribution in [3.8, 4) is 6.01 Å². The van der Waals surface area contributed by atoms with Crippen molar-refractivity contribution in [2.24, 2.45) is 0 Å². The van der Waals surface area contributed by atoms with Crippen molar-refractivity contribution >= 4 is 23.6 Å². The lowest BCUT2D eigenvalue weighted by Crippen LogP contribution is -2.31. The summed E-state index contributed by atoms with van der Waals surface area (Å²) in [7, 11) is -0.151. The van der Waals surface area contributed by atoms with Crippen LogP contribution in [-0.4, -0.2) is 39.2 Å². The molecule has 0 saturated heterocycles. The summed E-state index contributed by atoms with van der Waals surface area (Å²) in [6.45, 7) is 0. The number of aromatic nitrogens is 3. The van der Waals surface area contributed by atoms with Gasteiger partial charge >= 0.3 is 13.1 Å². The summed E-state index contributed by atoms with van der Waals surface area (Å²) >= 11 is 0. The molecule has 0 spiro atoms. The van der Waals surface area contributed by atoms with Gasteiger partial charge in [-0.1, -0.05) is 0 Å². The molecule has 0 radical (unpaired) electrons. The molecule has 15 heavy (non-hydrogen) atoms. The summed E-state index contributed by atoms with van der Waals surface area (Å²) in [5.74, 6) is 0. The van der Waals surface area contributed by atoms with E-state index in [2.05, 4.69) is 15.0 Å². The molecule has 2 aromatic heterocycles. The highest BCUT2D eigenvalue weighted by Gasteiger charge is 2.16. The first-order valence-corrected chi connectivity index (χ1v) is 4.24. The fourth-order valence-electron chi connectivity index (χ4n) is 1.25. The van der Waals surface area contributed by atoms with Gasteiger partial charge in [0, 0.05) is 11.7 Å². The molecule has 0 atom stereocenters. The summed E-state index contributed by atoms with van der Waals surface area (Å²) in [6.07, 6.45) is 2.93. The van der Waals surface area contributed by atoms with Crippen molar-refractivity contribution in [3.05, 3.63) is 18.5 Å². The van der Waals surface area contributed by atoms with Gasteiger partial charge in [-0.2, -0.15) is 4.98 Å². The SMILES string of the molecule is COc1ncc2nccc(B(O)O)c2n1. The third-order valence-electron chi connectivity index (χ3n) is 1.95. The van der Waals surface area contributed by atoms with Crippen LogP contribution in [0.25, 0.3) is 11.0 Å². The first kappa shape index (κ1) is 9.82. The maximum Gasteiger partial charge on any atom is 0.490 e. The Balaban J connectivity index is 2.70. The Morgan fingerprint density at radius 3 is 2.80 bits per heavy atom. The van der Waals surface area contributed by atoms with Crippen molar-refractivity contribution in [2.45, 2.75) is 0 Å². The molecule has 0 aliphatic heterocycles. The molecule has 7 heteroatoms. The minimum absolute atomic E-state index is 0.164.